The third-order valence-corrected chi connectivity index (χ3v) is 5.54. The van der Waals surface area contributed by atoms with E-state index in [1.165, 1.54) is 11.1 Å². The van der Waals surface area contributed by atoms with Gasteiger partial charge in [-0.15, -0.1) is 24.0 Å². The Balaban J connectivity index is 0.00000363. The Bertz CT molecular complexity index is 832. The zero-order valence-electron chi connectivity index (χ0n) is 19.3. The minimum absolute atomic E-state index is 0. The predicted octanol–water partition coefficient (Wildman–Crippen LogP) is 4.47. The van der Waals surface area contributed by atoms with Gasteiger partial charge in [-0.2, -0.15) is 0 Å². The number of aliphatic imine (C=N–C) groups is 1. The molecule has 2 aromatic carbocycles. The van der Waals surface area contributed by atoms with Crippen molar-refractivity contribution in [2.45, 2.75) is 32.4 Å². The highest BCUT2D eigenvalue weighted by Gasteiger charge is 2.27. The molecule has 0 bridgehead atoms. The van der Waals surface area contributed by atoms with Gasteiger partial charge in [-0.25, -0.2) is 0 Å². The molecule has 3 rings (SSSR count). The van der Waals surface area contributed by atoms with Crippen LogP contribution in [-0.2, 0) is 16.0 Å². The molecule has 2 atom stereocenters. The number of aryl methyl sites for hydroxylation is 1. The fourth-order valence-corrected chi connectivity index (χ4v) is 3.87. The first-order chi connectivity index (χ1) is 15.2. The van der Waals surface area contributed by atoms with Crippen LogP contribution >= 0.6 is 24.0 Å². The van der Waals surface area contributed by atoms with Crippen LogP contribution in [0.4, 0.5) is 0 Å². The van der Waals surface area contributed by atoms with E-state index in [1.807, 2.05) is 6.07 Å². The lowest BCUT2D eigenvalue weighted by atomic mass is 9.89. The summed E-state index contributed by atoms with van der Waals surface area (Å²) in [6, 6.07) is 16.8. The van der Waals surface area contributed by atoms with E-state index in [1.54, 1.807) is 14.2 Å². The number of benzene rings is 2. The number of methoxy groups -OCH3 is 1. The van der Waals surface area contributed by atoms with Gasteiger partial charge in [-0.05, 0) is 37.0 Å². The van der Waals surface area contributed by atoms with Crippen LogP contribution in [0.2, 0.25) is 0 Å². The average Bonchev–Trinajstić information content (AvgIpc) is 2.81. The van der Waals surface area contributed by atoms with Crippen molar-refractivity contribution in [1.82, 2.24) is 10.6 Å². The lowest BCUT2D eigenvalue weighted by molar-refractivity contribution is -0.0265. The summed E-state index contributed by atoms with van der Waals surface area (Å²) in [5.41, 5.74) is 3.50. The normalized spacial score (nSPS) is 18.5. The van der Waals surface area contributed by atoms with Crippen LogP contribution in [-0.4, -0.2) is 46.5 Å². The highest BCUT2D eigenvalue weighted by molar-refractivity contribution is 14.0. The van der Waals surface area contributed by atoms with Crippen LogP contribution in [0.25, 0.3) is 0 Å². The maximum absolute atomic E-state index is 6.12. The topological polar surface area (TPSA) is 64.1 Å². The first-order valence-electron chi connectivity index (χ1n) is 11.0. The van der Waals surface area contributed by atoms with Crippen molar-refractivity contribution in [2.75, 3.05) is 40.5 Å². The number of hydrogen-bond donors (Lipinski definition) is 2. The zero-order valence-corrected chi connectivity index (χ0v) is 21.6. The van der Waals surface area contributed by atoms with E-state index < -0.39 is 0 Å². The van der Waals surface area contributed by atoms with Gasteiger partial charge in [-0.1, -0.05) is 42.5 Å². The number of halogens is 1. The molecule has 32 heavy (non-hydrogen) atoms. The largest absolute Gasteiger partial charge is 0.491 e. The van der Waals surface area contributed by atoms with Crippen LogP contribution < -0.4 is 15.4 Å². The van der Waals surface area contributed by atoms with Gasteiger partial charge in [0.2, 0.25) is 0 Å². The second-order valence-electron chi connectivity index (χ2n) is 7.86. The Morgan fingerprint density at radius 1 is 1.12 bits per heavy atom. The Kier molecular flexibility index (Phi) is 11.8. The zero-order chi connectivity index (χ0) is 21.9. The van der Waals surface area contributed by atoms with Gasteiger partial charge in [0, 0.05) is 45.3 Å². The van der Waals surface area contributed by atoms with Crippen molar-refractivity contribution < 1.29 is 14.2 Å². The number of nitrogens with one attached hydrogen (secondary N) is 2. The first-order valence-corrected chi connectivity index (χ1v) is 11.0. The minimum atomic E-state index is 0. The minimum Gasteiger partial charge on any atom is -0.491 e. The molecule has 1 aliphatic heterocycles. The lowest BCUT2D eigenvalue weighted by Crippen LogP contribution is -2.41. The number of ether oxygens (including phenoxy) is 3. The van der Waals surface area contributed by atoms with Crippen molar-refractivity contribution in [1.29, 1.82) is 0 Å². The maximum atomic E-state index is 6.12. The fraction of sp³-hybridized carbons (Fsp3) is 0.480. The summed E-state index contributed by atoms with van der Waals surface area (Å²) in [6.45, 7) is 5.42. The lowest BCUT2D eigenvalue weighted by Gasteiger charge is -2.32. The molecule has 0 radical (unpaired) electrons. The summed E-state index contributed by atoms with van der Waals surface area (Å²) < 4.78 is 17.1. The summed E-state index contributed by atoms with van der Waals surface area (Å²) in [5.74, 6) is 2.06. The second kappa shape index (κ2) is 14.3. The highest BCUT2D eigenvalue weighted by Crippen LogP contribution is 2.33. The van der Waals surface area contributed by atoms with Gasteiger partial charge in [0.1, 0.15) is 12.4 Å². The monoisotopic (exact) mass is 553 g/mol. The average molecular weight is 553 g/mol. The number of nitrogens with zero attached hydrogens (tertiary/aromatic N) is 1. The SMILES string of the molecule is CN=C(NCc1ccc(C)cc1OCCOC)NCC1CCCOC1c1ccccc1.I. The van der Waals surface area contributed by atoms with Crippen LogP contribution in [0.15, 0.2) is 53.5 Å². The van der Waals surface area contributed by atoms with Gasteiger partial charge in [0.05, 0.1) is 12.7 Å². The van der Waals surface area contributed by atoms with Gasteiger partial charge in [0.25, 0.3) is 0 Å². The van der Waals surface area contributed by atoms with E-state index in [2.05, 4.69) is 65.0 Å². The molecule has 7 heteroatoms. The Morgan fingerprint density at radius 3 is 2.69 bits per heavy atom. The molecule has 0 amide bonds. The van der Waals surface area contributed by atoms with E-state index in [0.29, 0.717) is 25.7 Å². The van der Waals surface area contributed by atoms with Crippen molar-refractivity contribution in [3.05, 3.63) is 65.2 Å². The maximum Gasteiger partial charge on any atom is 0.191 e. The van der Waals surface area contributed by atoms with Crippen molar-refractivity contribution in [2.24, 2.45) is 10.9 Å². The molecule has 1 heterocycles. The van der Waals surface area contributed by atoms with E-state index in [9.17, 15) is 0 Å². The smallest absolute Gasteiger partial charge is 0.191 e. The quantitative estimate of drug-likeness (QED) is 0.208. The fourth-order valence-electron chi connectivity index (χ4n) is 3.87. The third kappa shape index (κ3) is 7.94. The van der Waals surface area contributed by atoms with Crippen LogP contribution in [0.5, 0.6) is 5.75 Å². The molecule has 0 spiro atoms. The molecule has 1 saturated heterocycles. The van der Waals surface area contributed by atoms with Crippen molar-refractivity contribution in [3.63, 3.8) is 0 Å². The molecule has 0 aromatic heterocycles. The van der Waals surface area contributed by atoms with E-state index in [4.69, 9.17) is 14.2 Å². The molecule has 0 aliphatic carbocycles. The summed E-state index contributed by atoms with van der Waals surface area (Å²) in [4.78, 5) is 4.40. The Morgan fingerprint density at radius 2 is 1.94 bits per heavy atom. The predicted molar refractivity (Wildman–Crippen MR) is 140 cm³/mol. The van der Waals surface area contributed by atoms with Gasteiger partial charge < -0.3 is 24.8 Å². The first kappa shape index (κ1) is 26.4. The summed E-state index contributed by atoms with van der Waals surface area (Å²) >= 11 is 0. The van der Waals surface area contributed by atoms with Crippen molar-refractivity contribution >= 4 is 29.9 Å². The van der Waals surface area contributed by atoms with E-state index >= 15 is 0 Å². The van der Waals surface area contributed by atoms with Crippen LogP contribution in [0, 0.1) is 12.8 Å². The second-order valence-corrected chi connectivity index (χ2v) is 7.86. The Labute approximate surface area is 209 Å². The number of hydrogen-bond acceptors (Lipinski definition) is 4. The molecular weight excluding hydrogens is 517 g/mol. The standard InChI is InChI=1S/C25H35N3O3.HI/c1-19-11-12-21(23(16-19)30-15-14-29-3)17-27-25(26-2)28-18-22-10-7-13-31-24(22)20-8-5-4-6-9-20;/h4-6,8-9,11-12,16,22,24H,7,10,13-15,17-18H2,1-3H3,(H2,26,27,28);1H. The molecule has 1 aliphatic rings. The molecule has 6 nitrogen and oxygen atoms in total. The molecule has 2 aromatic rings. The summed E-state index contributed by atoms with van der Waals surface area (Å²) in [7, 11) is 3.48. The molecule has 0 saturated carbocycles. The molecule has 2 N–H and O–H groups in total. The molecule has 1 fully saturated rings. The van der Waals surface area contributed by atoms with Crippen LogP contribution in [0.3, 0.4) is 0 Å². The highest BCUT2D eigenvalue weighted by atomic mass is 127. The van der Waals surface area contributed by atoms with E-state index in [-0.39, 0.29) is 30.1 Å². The molecule has 176 valence electrons. The van der Waals surface area contributed by atoms with Gasteiger partial charge >= 0.3 is 0 Å². The van der Waals surface area contributed by atoms with Gasteiger partial charge in [0.15, 0.2) is 5.96 Å². The third-order valence-electron chi connectivity index (χ3n) is 5.54. The van der Waals surface area contributed by atoms with Crippen LogP contribution in [0.1, 0.15) is 35.6 Å². The van der Waals surface area contributed by atoms with E-state index in [0.717, 1.165) is 43.3 Å². The Hall–Kier alpha value is -1.84. The molecule has 2 unspecified atom stereocenters. The number of rotatable bonds is 9. The summed E-state index contributed by atoms with van der Waals surface area (Å²) in [5, 5.41) is 6.91. The molecular formula is C25H36IN3O3. The summed E-state index contributed by atoms with van der Waals surface area (Å²) in [6.07, 6.45) is 2.35. The number of guanidine groups is 1. The van der Waals surface area contributed by atoms with Gasteiger partial charge in [-0.3, -0.25) is 4.99 Å². The van der Waals surface area contributed by atoms with Crippen molar-refractivity contribution in [3.8, 4) is 5.75 Å².